The van der Waals surface area contributed by atoms with Gasteiger partial charge in [0.05, 0.1) is 6.20 Å². The fourth-order valence-electron chi connectivity index (χ4n) is 5.19. The minimum atomic E-state index is -0.218. The van der Waals surface area contributed by atoms with Crippen LogP contribution in [0.3, 0.4) is 0 Å². The van der Waals surface area contributed by atoms with E-state index in [0.29, 0.717) is 39.1 Å². The maximum Gasteiger partial charge on any atom is 0.255 e. The number of aryl methyl sites for hydroxylation is 3. The molecule has 6 rings (SSSR count). The first-order chi connectivity index (χ1) is 20.7. The van der Waals surface area contributed by atoms with E-state index in [-0.39, 0.29) is 5.91 Å². The molecule has 2 aromatic heterocycles. The van der Waals surface area contributed by atoms with Crippen molar-refractivity contribution in [1.29, 1.82) is 0 Å². The molecule has 3 aromatic carbocycles. The zero-order valence-electron chi connectivity index (χ0n) is 24.8. The number of fused-ring (bicyclic) bond motifs is 1. The standard InChI is InChI=1S/C33H34ClN7O2/c1-21-8-9-24(32(42)36-27-11-10-25(22(2)16-27)20-41-14-12-39(3)13-15-41)18-29(21)43-33-28-19-35-40(4)31(28)37-30(38-33)23-6-5-7-26(34)17-23/h5-11,16-19H,12-15,20H2,1-4H3,(H,36,42). The van der Waals surface area contributed by atoms with Gasteiger partial charge in [-0.3, -0.25) is 14.4 Å². The number of hydrogen-bond acceptors (Lipinski definition) is 7. The number of benzene rings is 3. The van der Waals surface area contributed by atoms with Crippen LogP contribution in [0, 0.1) is 13.8 Å². The molecule has 1 aliphatic heterocycles. The second-order valence-electron chi connectivity index (χ2n) is 11.1. The number of hydrogen-bond donors (Lipinski definition) is 1. The molecule has 1 amide bonds. The molecular weight excluding hydrogens is 562 g/mol. The topological polar surface area (TPSA) is 88.4 Å². The summed E-state index contributed by atoms with van der Waals surface area (Å²) in [5, 5.41) is 8.65. The molecule has 1 fully saturated rings. The third-order valence-corrected chi connectivity index (χ3v) is 8.12. The zero-order valence-corrected chi connectivity index (χ0v) is 25.5. The summed E-state index contributed by atoms with van der Waals surface area (Å²) in [5.41, 5.74) is 5.91. The van der Waals surface area contributed by atoms with Crippen molar-refractivity contribution >= 4 is 34.2 Å². The smallest absolute Gasteiger partial charge is 0.255 e. The van der Waals surface area contributed by atoms with Gasteiger partial charge in [-0.15, -0.1) is 0 Å². The number of carbonyl (C=O) groups excluding carboxylic acids is 1. The Balaban J connectivity index is 1.22. The number of likely N-dealkylation sites (N-methyl/N-ethyl adjacent to an activating group) is 1. The van der Waals surface area contributed by atoms with Crippen LogP contribution >= 0.6 is 11.6 Å². The molecule has 9 nitrogen and oxygen atoms in total. The first kappa shape index (κ1) is 28.8. The zero-order chi connectivity index (χ0) is 30.1. The average molecular weight is 596 g/mol. The first-order valence-corrected chi connectivity index (χ1v) is 14.7. The van der Waals surface area contributed by atoms with Gasteiger partial charge in [-0.2, -0.15) is 10.1 Å². The van der Waals surface area contributed by atoms with Crippen LogP contribution in [-0.4, -0.2) is 68.7 Å². The monoisotopic (exact) mass is 595 g/mol. The second kappa shape index (κ2) is 12.1. The Morgan fingerprint density at radius 2 is 1.77 bits per heavy atom. The van der Waals surface area contributed by atoms with Gasteiger partial charge in [0.25, 0.3) is 5.91 Å². The van der Waals surface area contributed by atoms with Gasteiger partial charge >= 0.3 is 0 Å². The summed E-state index contributed by atoms with van der Waals surface area (Å²) >= 11 is 6.23. The van der Waals surface area contributed by atoms with Crippen LogP contribution in [0.4, 0.5) is 5.69 Å². The normalized spacial score (nSPS) is 14.3. The van der Waals surface area contributed by atoms with Gasteiger partial charge < -0.3 is 15.0 Å². The Morgan fingerprint density at radius 3 is 2.53 bits per heavy atom. The maximum absolute atomic E-state index is 13.3. The molecule has 0 spiro atoms. The molecule has 0 aliphatic carbocycles. The summed E-state index contributed by atoms with van der Waals surface area (Å²) in [7, 11) is 3.98. The van der Waals surface area contributed by atoms with Crippen LogP contribution in [0.15, 0.2) is 66.9 Å². The number of halogens is 1. The lowest BCUT2D eigenvalue weighted by Crippen LogP contribution is -2.43. The fraction of sp³-hybridized carbons (Fsp3) is 0.273. The predicted molar refractivity (Wildman–Crippen MR) is 170 cm³/mol. The summed E-state index contributed by atoms with van der Waals surface area (Å²) in [4.78, 5) is 27.6. The van der Waals surface area contributed by atoms with Crippen LogP contribution in [0.1, 0.15) is 27.0 Å². The van der Waals surface area contributed by atoms with Gasteiger partial charge in [-0.25, -0.2) is 4.98 Å². The van der Waals surface area contributed by atoms with Gasteiger partial charge in [0.2, 0.25) is 5.88 Å². The minimum Gasteiger partial charge on any atom is -0.438 e. The van der Waals surface area contributed by atoms with E-state index in [9.17, 15) is 4.79 Å². The van der Waals surface area contributed by atoms with E-state index >= 15 is 0 Å². The Bertz CT molecular complexity index is 1810. The van der Waals surface area contributed by atoms with Gasteiger partial charge in [0.1, 0.15) is 11.1 Å². The van der Waals surface area contributed by atoms with Crippen molar-refractivity contribution in [3.05, 3.63) is 94.1 Å². The molecule has 0 saturated carbocycles. The average Bonchev–Trinajstić information content (AvgIpc) is 3.37. The predicted octanol–water partition coefficient (Wildman–Crippen LogP) is 6.09. The number of nitrogens with zero attached hydrogens (tertiary/aromatic N) is 6. The minimum absolute atomic E-state index is 0.218. The van der Waals surface area contributed by atoms with Gasteiger partial charge in [-0.1, -0.05) is 35.9 Å². The fourth-order valence-corrected chi connectivity index (χ4v) is 5.38. The van der Waals surface area contributed by atoms with Crippen LogP contribution in [0.25, 0.3) is 22.4 Å². The molecule has 1 saturated heterocycles. The van der Waals surface area contributed by atoms with Crippen molar-refractivity contribution in [2.75, 3.05) is 38.5 Å². The Morgan fingerprint density at radius 1 is 0.953 bits per heavy atom. The number of carbonyl (C=O) groups is 1. The summed E-state index contributed by atoms with van der Waals surface area (Å²) in [6.07, 6.45) is 1.67. The molecule has 5 aromatic rings. The summed E-state index contributed by atoms with van der Waals surface area (Å²) in [6, 6.07) is 18.9. The molecule has 0 atom stereocenters. The number of piperazine rings is 1. The van der Waals surface area contributed by atoms with E-state index in [1.54, 1.807) is 35.1 Å². The van der Waals surface area contributed by atoms with E-state index in [2.05, 4.69) is 40.3 Å². The van der Waals surface area contributed by atoms with Crippen molar-refractivity contribution in [2.24, 2.45) is 7.05 Å². The Kier molecular flexibility index (Phi) is 8.12. The third kappa shape index (κ3) is 6.39. The van der Waals surface area contributed by atoms with Crippen molar-refractivity contribution in [3.63, 3.8) is 0 Å². The quantitative estimate of drug-likeness (QED) is 0.243. The van der Waals surface area contributed by atoms with Gasteiger partial charge in [0, 0.05) is 61.6 Å². The molecule has 1 N–H and O–H groups in total. The molecular formula is C33H34ClN7O2. The lowest BCUT2D eigenvalue weighted by Gasteiger charge is -2.32. The Labute approximate surface area is 256 Å². The van der Waals surface area contributed by atoms with Crippen LogP contribution in [0.2, 0.25) is 5.02 Å². The van der Waals surface area contributed by atoms with Crippen LogP contribution in [-0.2, 0) is 13.6 Å². The van der Waals surface area contributed by atoms with E-state index in [1.165, 1.54) is 5.56 Å². The van der Waals surface area contributed by atoms with Gasteiger partial charge in [-0.05, 0) is 74.0 Å². The number of aromatic nitrogens is 4. The number of anilines is 1. The summed E-state index contributed by atoms with van der Waals surface area (Å²) < 4.78 is 8.03. The molecule has 10 heteroatoms. The molecule has 0 radical (unpaired) electrons. The lowest BCUT2D eigenvalue weighted by molar-refractivity contribution is 0.102. The number of ether oxygens (including phenoxy) is 1. The molecule has 43 heavy (non-hydrogen) atoms. The maximum atomic E-state index is 13.3. The molecule has 1 aliphatic rings. The number of amides is 1. The number of rotatable bonds is 7. The third-order valence-electron chi connectivity index (χ3n) is 7.89. The van der Waals surface area contributed by atoms with Crippen molar-refractivity contribution in [3.8, 4) is 23.0 Å². The second-order valence-corrected chi connectivity index (χ2v) is 11.6. The molecule has 0 bridgehead atoms. The molecule has 220 valence electrons. The first-order valence-electron chi connectivity index (χ1n) is 14.3. The largest absolute Gasteiger partial charge is 0.438 e. The van der Waals surface area contributed by atoms with Crippen molar-refractivity contribution in [1.82, 2.24) is 29.5 Å². The van der Waals surface area contributed by atoms with Crippen LogP contribution < -0.4 is 10.1 Å². The number of nitrogens with one attached hydrogen (secondary N) is 1. The highest BCUT2D eigenvalue weighted by Crippen LogP contribution is 2.32. The molecule has 0 unspecified atom stereocenters. The Hall–Kier alpha value is -4.31. The van der Waals surface area contributed by atoms with E-state index < -0.39 is 0 Å². The summed E-state index contributed by atoms with van der Waals surface area (Å²) in [6.45, 7) is 9.24. The van der Waals surface area contributed by atoms with E-state index in [1.807, 2.05) is 44.3 Å². The van der Waals surface area contributed by atoms with Crippen molar-refractivity contribution in [2.45, 2.75) is 20.4 Å². The van der Waals surface area contributed by atoms with Gasteiger partial charge in [0.15, 0.2) is 11.5 Å². The highest BCUT2D eigenvalue weighted by Gasteiger charge is 2.18. The van der Waals surface area contributed by atoms with Crippen molar-refractivity contribution < 1.29 is 9.53 Å². The van der Waals surface area contributed by atoms with Crippen LogP contribution in [0.5, 0.6) is 11.6 Å². The SMILES string of the molecule is Cc1cc(NC(=O)c2ccc(C)c(Oc3nc(-c4cccc(Cl)c4)nc4c3cnn4C)c2)ccc1CN1CCN(C)CC1. The highest BCUT2D eigenvalue weighted by molar-refractivity contribution is 6.30. The van der Waals surface area contributed by atoms with E-state index in [0.717, 1.165) is 55.1 Å². The van der Waals surface area contributed by atoms with E-state index in [4.69, 9.17) is 26.3 Å². The lowest BCUT2D eigenvalue weighted by atomic mass is 10.1. The summed E-state index contributed by atoms with van der Waals surface area (Å²) in [5.74, 6) is 1.11. The highest BCUT2D eigenvalue weighted by atomic mass is 35.5. The molecule has 3 heterocycles.